The molecule has 0 radical (unpaired) electrons. The Morgan fingerprint density at radius 3 is 2.59 bits per heavy atom. The fraction of sp³-hybridized carbons (Fsp3) is 0.545. The Morgan fingerprint density at radius 1 is 1.47 bits per heavy atom. The van der Waals surface area contributed by atoms with Gasteiger partial charge < -0.3 is 14.6 Å². The maximum atomic E-state index is 11.3. The summed E-state index contributed by atoms with van der Waals surface area (Å²) in [6, 6.07) is 1.63. The minimum absolute atomic E-state index is 0.182. The fourth-order valence-electron chi connectivity index (χ4n) is 1.08. The third-order valence-electron chi connectivity index (χ3n) is 2.05. The van der Waals surface area contributed by atoms with Crippen molar-refractivity contribution in [3.05, 3.63) is 11.8 Å². The van der Waals surface area contributed by atoms with Crippen LogP contribution in [0.5, 0.6) is 0 Å². The molecule has 6 nitrogen and oxygen atoms in total. The molecule has 0 aliphatic heterocycles. The Labute approximate surface area is 99.3 Å². The van der Waals surface area contributed by atoms with Crippen molar-refractivity contribution in [3.63, 3.8) is 0 Å². The van der Waals surface area contributed by atoms with Crippen LogP contribution >= 0.6 is 0 Å². The second-order valence-corrected chi connectivity index (χ2v) is 4.63. The highest BCUT2D eigenvalue weighted by Crippen LogP contribution is 2.24. The van der Waals surface area contributed by atoms with Crippen molar-refractivity contribution in [2.24, 2.45) is 0 Å². The second-order valence-electron chi connectivity index (χ2n) is 4.63. The number of rotatable bonds is 3. The van der Waals surface area contributed by atoms with E-state index in [1.807, 2.05) is 20.8 Å². The molecule has 0 saturated carbocycles. The molecule has 0 unspecified atom stereocenters. The normalized spacial score (nSPS) is 11.1. The van der Waals surface area contributed by atoms with Gasteiger partial charge in [-0.2, -0.15) is 0 Å². The van der Waals surface area contributed by atoms with Crippen LogP contribution in [0.15, 0.2) is 10.6 Å². The Morgan fingerprint density at radius 2 is 2.12 bits per heavy atom. The topological polar surface area (TPSA) is 81.4 Å². The molecule has 0 aliphatic carbocycles. The molecule has 1 rings (SSSR count). The molecule has 0 aliphatic rings. The van der Waals surface area contributed by atoms with Crippen LogP contribution < -0.4 is 5.32 Å². The summed E-state index contributed by atoms with van der Waals surface area (Å²) in [5.41, 5.74) is -0.182. The minimum Gasteiger partial charge on any atom is -0.469 e. The Kier molecular flexibility index (Phi) is 3.88. The summed E-state index contributed by atoms with van der Waals surface area (Å²) in [5, 5.41) is 6.15. The maximum Gasteiger partial charge on any atom is 0.315 e. The Balaban J connectivity index is 2.61. The average Bonchev–Trinajstić information content (AvgIpc) is 2.65. The van der Waals surface area contributed by atoms with Gasteiger partial charge in [-0.05, 0) is 0 Å². The van der Waals surface area contributed by atoms with Crippen molar-refractivity contribution in [1.82, 2.24) is 5.16 Å². The van der Waals surface area contributed by atoms with E-state index in [-0.39, 0.29) is 11.8 Å². The summed E-state index contributed by atoms with van der Waals surface area (Å²) < 4.78 is 9.45. The number of nitrogens with zero attached hydrogens (tertiary/aromatic N) is 1. The number of carbonyl (C=O) groups excluding carboxylic acids is 2. The van der Waals surface area contributed by atoms with Crippen LogP contribution in [0.2, 0.25) is 0 Å². The molecular weight excluding hydrogens is 224 g/mol. The van der Waals surface area contributed by atoms with Crippen molar-refractivity contribution < 1.29 is 18.8 Å². The maximum absolute atomic E-state index is 11.3. The van der Waals surface area contributed by atoms with Crippen molar-refractivity contribution in [2.45, 2.75) is 32.6 Å². The van der Waals surface area contributed by atoms with Crippen molar-refractivity contribution in [2.75, 3.05) is 12.4 Å². The van der Waals surface area contributed by atoms with Gasteiger partial charge in [0.1, 0.15) is 12.2 Å². The van der Waals surface area contributed by atoms with Crippen LogP contribution in [-0.2, 0) is 19.7 Å². The summed E-state index contributed by atoms with van der Waals surface area (Å²) in [6.45, 7) is 5.90. The number of amides is 1. The van der Waals surface area contributed by atoms with E-state index in [1.54, 1.807) is 6.07 Å². The van der Waals surface area contributed by atoms with Gasteiger partial charge in [0, 0.05) is 11.5 Å². The van der Waals surface area contributed by atoms with Gasteiger partial charge in [0.2, 0.25) is 5.91 Å². The number of aromatic nitrogens is 1. The zero-order valence-corrected chi connectivity index (χ0v) is 10.4. The van der Waals surface area contributed by atoms with Gasteiger partial charge >= 0.3 is 5.97 Å². The van der Waals surface area contributed by atoms with E-state index in [0.29, 0.717) is 11.6 Å². The molecule has 1 aromatic heterocycles. The molecule has 0 atom stereocenters. The lowest BCUT2D eigenvalue weighted by Gasteiger charge is -2.11. The summed E-state index contributed by atoms with van der Waals surface area (Å²) in [4.78, 5) is 22.2. The number of nitrogens with one attached hydrogen (secondary N) is 1. The van der Waals surface area contributed by atoms with Crippen molar-refractivity contribution >= 4 is 17.7 Å². The molecule has 1 aromatic rings. The van der Waals surface area contributed by atoms with Crippen LogP contribution in [0.25, 0.3) is 0 Å². The zero-order chi connectivity index (χ0) is 13.1. The Hall–Kier alpha value is -1.85. The standard InChI is InChI=1S/C11H16N2O4/c1-11(2,3)7-5-8(13-17-7)12-9(14)6-10(15)16-4/h5H,6H2,1-4H3,(H,12,13,14). The summed E-state index contributed by atoms with van der Waals surface area (Å²) in [5.74, 6) is -0.123. The number of carbonyl (C=O) groups is 2. The van der Waals surface area contributed by atoms with E-state index in [4.69, 9.17) is 4.52 Å². The molecule has 1 amide bonds. The highest BCUT2D eigenvalue weighted by Gasteiger charge is 2.20. The molecule has 94 valence electrons. The summed E-state index contributed by atoms with van der Waals surface area (Å²) in [7, 11) is 1.23. The van der Waals surface area contributed by atoms with Gasteiger partial charge in [-0.25, -0.2) is 0 Å². The lowest BCUT2D eigenvalue weighted by Crippen LogP contribution is -2.17. The molecule has 0 aromatic carbocycles. The fourth-order valence-corrected chi connectivity index (χ4v) is 1.08. The first-order chi connectivity index (χ1) is 7.82. The van der Waals surface area contributed by atoms with Gasteiger partial charge in [-0.15, -0.1) is 0 Å². The van der Waals surface area contributed by atoms with Crippen LogP contribution in [0, 0.1) is 0 Å². The summed E-state index contributed by atoms with van der Waals surface area (Å²) in [6.07, 6.45) is -0.339. The van der Waals surface area contributed by atoms with Gasteiger partial charge in [0.05, 0.1) is 7.11 Å². The lowest BCUT2D eigenvalue weighted by molar-refractivity contribution is -0.142. The quantitative estimate of drug-likeness (QED) is 0.639. The third kappa shape index (κ3) is 3.90. The van der Waals surface area contributed by atoms with E-state index >= 15 is 0 Å². The predicted molar refractivity (Wildman–Crippen MR) is 60.5 cm³/mol. The van der Waals surface area contributed by atoms with Crippen LogP contribution in [-0.4, -0.2) is 24.1 Å². The highest BCUT2D eigenvalue weighted by molar-refractivity contribution is 6.01. The number of hydrogen-bond donors (Lipinski definition) is 1. The number of ether oxygens (including phenoxy) is 1. The first kappa shape index (κ1) is 13.2. The summed E-state index contributed by atoms with van der Waals surface area (Å²) >= 11 is 0. The van der Waals surface area contributed by atoms with Gasteiger partial charge in [-0.3, -0.25) is 9.59 Å². The molecule has 0 fully saturated rings. The molecule has 0 spiro atoms. The zero-order valence-electron chi connectivity index (χ0n) is 10.4. The highest BCUT2D eigenvalue weighted by atomic mass is 16.5. The van der Waals surface area contributed by atoms with Gasteiger partial charge in [-0.1, -0.05) is 25.9 Å². The first-order valence-corrected chi connectivity index (χ1v) is 5.17. The van der Waals surface area contributed by atoms with E-state index in [2.05, 4.69) is 15.2 Å². The minimum atomic E-state index is -0.595. The van der Waals surface area contributed by atoms with E-state index in [1.165, 1.54) is 7.11 Å². The van der Waals surface area contributed by atoms with Crippen LogP contribution in [0.1, 0.15) is 33.0 Å². The number of anilines is 1. The van der Waals surface area contributed by atoms with E-state index < -0.39 is 11.9 Å². The largest absolute Gasteiger partial charge is 0.469 e. The van der Waals surface area contributed by atoms with E-state index in [0.717, 1.165) is 0 Å². The van der Waals surface area contributed by atoms with Crippen molar-refractivity contribution in [1.29, 1.82) is 0 Å². The first-order valence-electron chi connectivity index (χ1n) is 5.17. The predicted octanol–water partition coefficient (Wildman–Crippen LogP) is 1.47. The molecule has 17 heavy (non-hydrogen) atoms. The van der Waals surface area contributed by atoms with Crippen molar-refractivity contribution in [3.8, 4) is 0 Å². The average molecular weight is 240 g/mol. The molecular formula is C11H16N2O4. The second kappa shape index (κ2) is 4.99. The van der Waals surface area contributed by atoms with E-state index in [9.17, 15) is 9.59 Å². The monoisotopic (exact) mass is 240 g/mol. The molecule has 0 saturated heterocycles. The molecule has 6 heteroatoms. The number of methoxy groups -OCH3 is 1. The Bertz CT molecular complexity index is 417. The SMILES string of the molecule is COC(=O)CC(=O)Nc1cc(C(C)(C)C)on1. The number of esters is 1. The smallest absolute Gasteiger partial charge is 0.315 e. The molecule has 0 bridgehead atoms. The molecule has 1 N–H and O–H groups in total. The van der Waals surface area contributed by atoms with Crippen LogP contribution in [0.4, 0.5) is 5.82 Å². The third-order valence-corrected chi connectivity index (χ3v) is 2.05. The van der Waals surface area contributed by atoms with Gasteiger partial charge in [0.25, 0.3) is 0 Å². The van der Waals surface area contributed by atoms with Crippen LogP contribution in [0.3, 0.4) is 0 Å². The number of hydrogen-bond acceptors (Lipinski definition) is 5. The molecule has 1 heterocycles. The van der Waals surface area contributed by atoms with Gasteiger partial charge in [0.15, 0.2) is 5.82 Å². The lowest BCUT2D eigenvalue weighted by atomic mass is 9.93.